The first-order valence-corrected chi connectivity index (χ1v) is 8.61. The fourth-order valence-corrected chi connectivity index (χ4v) is 3.16. The van der Waals surface area contributed by atoms with Crippen LogP contribution in [-0.4, -0.2) is 48.8 Å². The van der Waals surface area contributed by atoms with Crippen molar-refractivity contribution < 1.29 is 19.1 Å². The van der Waals surface area contributed by atoms with Crippen LogP contribution in [0.2, 0.25) is 0 Å². The number of ether oxygens (including phenoxy) is 2. The first-order valence-electron chi connectivity index (χ1n) is 8.61. The number of primary amides is 1. The van der Waals surface area contributed by atoms with E-state index >= 15 is 0 Å². The van der Waals surface area contributed by atoms with Crippen LogP contribution in [0.15, 0.2) is 24.3 Å². The number of carbonyl (C=O) groups excluding carboxylic acids is 2. The van der Waals surface area contributed by atoms with Crippen molar-refractivity contribution in [2.24, 2.45) is 5.73 Å². The second-order valence-electron chi connectivity index (χ2n) is 6.53. The van der Waals surface area contributed by atoms with E-state index in [0.29, 0.717) is 30.9 Å². The van der Waals surface area contributed by atoms with Crippen LogP contribution in [0.3, 0.4) is 0 Å². The van der Waals surface area contributed by atoms with E-state index in [-0.39, 0.29) is 24.7 Å². The number of aromatic nitrogens is 1. The third-order valence-corrected chi connectivity index (χ3v) is 4.53. The van der Waals surface area contributed by atoms with Gasteiger partial charge in [0.1, 0.15) is 6.61 Å². The molecule has 2 amide bonds. The predicted molar refractivity (Wildman–Crippen MR) is 96.8 cm³/mol. The largest absolute Gasteiger partial charge is 0.379 e. The van der Waals surface area contributed by atoms with Crippen LogP contribution in [0.1, 0.15) is 28.0 Å². The Balaban J connectivity index is 1.79. The minimum atomic E-state index is -0.536. The van der Waals surface area contributed by atoms with Gasteiger partial charge in [0, 0.05) is 12.0 Å². The van der Waals surface area contributed by atoms with Crippen molar-refractivity contribution >= 4 is 22.7 Å². The van der Waals surface area contributed by atoms with Gasteiger partial charge in [-0.2, -0.15) is 0 Å². The lowest BCUT2D eigenvalue weighted by atomic mass is 10.0. The number of pyridine rings is 1. The SMILES string of the molecule is Cc1nc2c(C)cccc2cc1C(=O)N[C@@H]1COCC[C@@H]1OCC(N)=O. The highest BCUT2D eigenvalue weighted by Gasteiger charge is 2.29. The van der Waals surface area contributed by atoms with Crippen molar-refractivity contribution in [2.75, 3.05) is 19.8 Å². The number of hydrogen-bond acceptors (Lipinski definition) is 5. The lowest BCUT2D eigenvalue weighted by Gasteiger charge is -2.31. The molecule has 3 N–H and O–H groups in total. The molecule has 1 saturated heterocycles. The number of nitrogens with zero attached hydrogens (tertiary/aromatic N) is 1. The zero-order valence-corrected chi connectivity index (χ0v) is 15.0. The van der Waals surface area contributed by atoms with E-state index in [9.17, 15) is 9.59 Å². The number of amides is 2. The Morgan fingerprint density at radius 2 is 2.19 bits per heavy atom. The lowest BCUT2D eigenvalue weighted by Crippen LogP contribution is -2.51. The first kappa shape index (κ1) is 18.3. The van der Waals surface area contributed by atoms with Crippen molar-refractivity contribution in [1.29, 1.82) is 0 Å². The van der Waals surface area contributed by atoms with Crippen LogP contribution in [0.4, 0.5) is 0 Å². The summed E-state index contributed by atoms with van der Waals surface area (Å²) in [6, 6.07) is 7.38. The van der Waals surface area contributed by atoms with Crippen LogP contribution in [0.25, 0.3) is 10.9 Å². The van der Waals surface area contributed by atoms with Crippen LogP contribution < -0.4 is 11.1 Å². The fraction of sp³-hybridized carbons (Fsp3) is 0.421. The Morgan fingerprint density at radius 1 is 1.38 bits per heavy atom. The summed E-state index contributed by atoms with van der Waals surface area (Å²) >= 11 is 0. The van der Waals surface area contributed by atoms with E-state index in [0.717, 1.165) is 16.5 Å². The van der Waals surface area contributed by atoms with Crippen molar-refractivity contribution in [1.82, 2.24) is 10.3 Å². The molecule has 0 spiro atoms. The second-order valence-corrected chi connectivity index (χ2v) is 6.53. The minimum absolute atomic E-state index is 0.174. The summed E-state index contributed by atoms with van der Waals surface area (Å²) < 4.78 is 11.0. The predicted octanol–water partition coefficient (Wildman–Crippen LogP) is 1.24. The van der Waals surface area contributed by atoms with Gasteiger partial charge in [-0.25, -0.2) is 0 Å². The van der Waals surface area contributed by atoms with Gasteiger partial charge in [-0.1, -0.05) is 18.2 Å². The van der Waals surface area contributed by atoms with E-state index in [4.69, 9.17) is 15.2 Å². The molecule has 2 aromatic rings. The quantitative estimate of drug-likeness (QED) is 0.838. The van der Waals surface area contributed by atoms with Crippen molar-refractivity contribution in [2.45, 2.75) is 32.4 Å². The molecule has 2 heterocycles. The Hall–Kier alpha value is -2.51. The summed E-state index contributed by atoms with van der Waals surface area (Å²) in [7, 11) is 0. The molecule has 7 nitrogen and oxygen atoms in total. The van der Waals surface area contributed by atoms with Crippen LogP contribution >= 0.6 is 0 Å². The molecular weight excluding hydrogens is 334 g/mol. The molecule has 0 aliphatic carbocycles. The normalized spacial score (nSPS) is 20.1. The smallest absolute Gasteiger partial charge is 0.253 e. The van der Waals surface area contributed by atoms with Gasteiger partial charge in [-0.3, -0.25) is 14.6 Å². The molecular formula is C19H23N3O4. The van der Waals surface area contributed by atoms with E-state index in [1.807, 2.05) is 38.1 Å². The van der Waals surface area contributed by atoms with Crippen molar-refractivity contribution in [3.63, 3.8) is 0 Å². The van der Waals surface area contributed by atoms with Crippen molar-refractivity contribution in [3.05, 3.63) is 41.1 Å². The summed E-state index contributed by atoms with van der Waals surface area (Å²) in [6.07, 6.45) is 0.281. The van der Waals surface area contributed by atoms with Gasteiger partial charge >= 0.3 is 0 Å². The van der Waals surface area contributed by atoms with E-state index in [2.05, 4.69) is 10.3 Å². The van der Waals surface area contributed by atoms with E-state index in [1.54, 1.807) is 0 Å². The lowest BCUT2D eigenvalue weighted by molar-refractivity contribution is -0.128. The highest BCUT2D eigenvalue weighted by atomic mass is 16.5. The number of benzene rings is 1. The van der Waals surface area contributed by atoms with Gasteiger partial charge in [0.15, 0.2) is 0 Å². The Labute approximate surface area is 151 Å². The molecule has 1 aliphatic rings. The third-order valence-electron chi connectivity index (χ3n) is 4.53. The molecule has 138 valence electrons. The van der Waals surface area contributed by atoms with Crippen LogP contribution in [0, 0.1) is 13.8 Å². The number of aryl methyl sites for hydroxylation is 2. The molecule has 1 aromatic carbocycles. The molecule has 1 fully saturated rings. The Kier molecular flexibility index (Phi) is 5.49. The summed E-state index contributed by atoms with van der Waals surface area (Å²) in [5.74, 6) is -0.770. The summed E-state index contributed by atoms with van der Waals surface area (Å²) in [6.45, 7) is 4.49. The number of rotatable bonds is 5. The number of carbonyl (C=O) groups is 2. The van der Waals surface area contributed by atoms with Crippen LogP contribution in [0.5, 0.6) is 0 Å². The molecule has 1 aliphatic heterocycles. The number of para-hydroxylation sites is 1. The topological polar surface area (TPSA) is 104 Å². The van der Waals surface area contributed by atoms with Gasteiger partial charge in [-0.05, 0) is 31.9 Å². The summed E-state index contributed by atoms with van der Waals surface area (Å²) in [5.41, 5.74) is 8.28. The fourth-order valence-electron chi connectivity index (χ4n) is 3.16. The molecule has 3 rings (SSSR count). The third kappa shape index (κ3) is 4.00. The standard InChI is InChI=1S/C19H23N3O4/c1-11-4-3-5-13-8-14(12(2)21-18(11)13)19(24)22-15-9-25-7-6-16(15)26-10-17(20)23/h3-5,8,15-16H,6-7,9-10H2,1-2H3,(H2,20,23)(H,22,24)/t15-,16+/m1/s1. The van der Waals surface area contributed by atoms with Gasteiger partial charge in [0.25, 0.3) is 5.91 Å². The van der Waals surface area contributed by atoms with Crippen molar-refractivity contribution in [3.8, 4) is 0 Å². The van der Waals surface area contributed by atoms with Gasteiger partial charge < -0.3 is 20.5 Å². The number of hydrogen-bond donors (Lipinski definition) is 2. The second kappa shape index (κ2) is 7.80. The van der Waals surface area contributed by atoms with Gasteiger partial charge in [0.2, 0.25) is 5.91 Å². The molecule has 0 radical (unpaired) electrons. The number of fused-ring (bicyclic) bond motifs is 1. The average Bonchev–Trinajstić information content (AvgIpc) is 2.61. The zero-order chi connectivity index (χ0) is 18.7. The number of nitrogens with one attached hydrogen (secondary N) is 1. The maximum atomic E-state index is 12.8. The molecule has 26 heavy (non-hydrogen) atoms. The molecule has 7 heteroatoms. The van der Waals surface area contributed by atoms with Gasteiger partial charge in [-0.15, -0.1) is 0 Å². The van der Waals surface area contributed by atoms with E-state index < -0.39 is 5.91 Å². The molecule has 1 aromatic heterocycles. The molecule has 0 saturated carbocycles. The van der Waals surface area contributed by atoms with Crippen LogP contribution in [-0.2, 0) is 14.3 Å². The van der Waals surface area contributed by atoms with Gasteiger partial charge in [0.05, 0.1) is 35.5 Å². The monoisotopic (exact) mass is 357 g/mol. The molecule has 0 bridgehead atoms. The average molecular weight is 357 g/mol. The highest BCUT2D eigenvalue weighted by Crippen LogP contribution is 2.20. The molecule has 2 atom stereocenters. The minimum Gasteiger partial charge on any atom is -0.379 e. The Bertz CT molecular complexity index is 837. The maximum absolute atomic E-state index is 12.8. The molecule has 0 unspecified atom stereocenters. The summed E-state index contributed by atoms with van der Waals surface area (Å²) in [4.78, 5) is 28.3. The summed E-state index contributed by atoms with van der Waals surface area (Å²) in [5, 5.41) is 3.87. The number of nitrogens with two attached hydrogens (primary N) is 1. The first-order chi connectivity index (χ1) is 12.5. The van der Waals surface area contributed by atoms with E-state index in [1.165, 1.54) is 0 Å². The highest BCUT2D eigenvalue weighted by molar-refractivity contribution is 5.99. The maximum Gasteiger partial charge on any atom is 0.253 e. The Morgan fingerprint density at radius 3 is 2.96 bits per heavy atom. The zero-order valence-electron chi connectivity index (χ0n) is 15.0.